The van der Waals surface area contributed by atoms with Gasteiger partial charge in [0.05, 0.1) is 6.54 Å². The van der Waals surface area contributed by atoms with E-state index in [-0.39, 0.29) is 12.5 Å². The fourth-order valence-electron chi connectivity index (χ4n) is 2.62. The highest BCUT2D eigenvalue weighted by Gasteiger charge is 2.33. The predicted molar refractivity (Wildman–Crippen MR) is 96.7 cm³/mol. The van der Waals surface area contributed by atoms with Gasteiger partial charge in [-0.15, -0.1) is 11.3 Å². The van der Waals surface area contributed by atoms with Gasteiger partial charge in [-0.05, 0) is 29.7 Å². The van der Waals surface area contributed by atoms with Gasteiger partial charge in [0.1, 0.15) is 6.54 Å². The maximum atomic E-state index is 11.9. The Morgan fingerprint density at radius 3 is 2.87 bits per heavy atom. The number of carbonyl (C=O) groups excluding carboxylic acids is 1. The normalized spacial score (nSPS) is 21.6. The van der Waals surface area contributed by atoms with Crippen molar-refractivity contribution in [1.82, 2.24) is 15.1 Å². The molecular formula is C17H28N4OS. The Morgan fingerprint density at radius 2 is 2.30 bits per heavy atom. The topological polar surface area (TPSA) is 47.9 Å². The van der Waals surface area contributed by atoms with Crippen LogP contribution < -0.4 is 5.32 Å². The molecule has 1 fully saturated rings. The van der Waals surface area contributed by atoms with Gasteiger partial charge < -0.3 is 15.1 Å². The third-order valence-electron chi connectivity index (χ3n) is 4.57. The van der Waals surface area contributed by atoms with Crippen molar-refractivity contribution in [2.24, 2.45) is 10.4 Å². The van der Waals surface area contributed by atoms with Crippen molar-refractivity contribution in [3.05, 3.63) is 22.4 Å². The van der Waals surface area contributed by atoms with Crippen LogP contribution in [0.1, 0.15) is 31.6 Å². The maximum absolute atomic E-state index is 11.9. The van der Waals surface area contributed by atoms with E-state index < -0.39 is 0 Å². The number of hydrogen-bond donors (Lipinski definition) is 1. The molecule has 1 saturated heterocycles. The Bertz CT molecular complexity index is 541. The highest BCUT2D eigenvalue weighted by molar-refractivity contribution is 7.09. The highest BCUT2D eigenvalue weighted by Crippen LogP contribution is 2.32. The van der Waals surface area contributed by atoms with Crippen LogP contribution in [0, 0.1) is 5.41 Å². The Kier molecular flexibility index (Phi) is 6.04. The van der Waals surface area contributed by atoms with E-state index in [1.807, 2.05) is 0 Å². The fraction of sp³-hybridized carbons (Fsp3) is 0.647. The van der Waals surface area contributed by atoms with E-state index in [1.54, 1.807) is 30.3 Å². The largest absolute Gasteiger partial charge is 0.351 e. The molecule has 0 radical (unpaired) electrons. The van der Waals surface area contributed by atoms with Crippen LogP contribution in [-0.2, 0) is 11.3 Å². The fourth-order valence-corrected chi connectivity index (χ4v) is 3.27. The summed E-state index contributed by atoms with van der Waals surface area (Å²) in [6.07, 6.45) is 2.34. The minimum absolute atomic E-state index is 0.0258. The quantitative estimate of drug-likeness (QED) is 0.663. The van der Waals surface area contributed by atoms with Gasteiger partial charge in [0.15, 0.2) is 5.96 Å². The number of aliphatic imine (C=N–C) groups is 1. The van der Waals surface area contributed by atoms with Gasteiger partial charge in [-0.3, -0.25) is 4.79 Å². The SMILES string of the molecule is CCC1(C)CCN(C(=NCC(=O)N(C)C)NCc2cccs2)C1. The molecule has 2 rings (SSSR count). The van der Waals surface area contributed by atoms with E-state index in [0.717, 1.165) is 25.6 Å². The number of amides is 1. The van der Waals surface area contributed by atoms with Crippen molar-refractivity contribution in [2.45, 2.75) is 33.2 Å². The molecular weight excluding hydrogens is 308 g/mol. The highest BCUT2D eigenvalue weighted by atomic mass is 32.1. The van der Waals surface area contributed by atoms with E-state index >= 15 is 0 Å². The zero-order valence-corrected chi connectivity index (χ0v) is 15.4. The van der Waals surface area contributed by atoms with E-state index in [1.165, 1.54) is 17.7 Å². The zero-order chi connectivity index (χ0) is 16.9. The monoisotopic (exact) mass is 336 g/mol. The summed E-state index contributed by atoms with van der Waals surface area (Å²) in [5, 5.41) is 5.51. The van der Waals surface area contributed by atoms with Gasteiger partial charge in [0, 0.05) is 32.1 Å². The number of nitrogens with one attached hydrogen (secondary N) is 1. The Labute approximate surface area is 143 Å². The summed E-state index contributed by atoms with van der Waals surface area (Å²) in [5.74, 6) is 0.878. The number of rotatable bonds is 5. The second-order valence-electron chi connectivity index (χ2n) is 6.70. The maximum Gasteiger partial charge on any atom is 0.243 e. The molecule has 2 heterocycles. The van der Waals surface area contributed by atoms with Crippen molar-refractivity contribution in [1.29, 1.82) is 0 Å². The van der Waals surface area contributed by atoms with Crippen molar-refractivity contribution >= 4 is 23.2 Å². The van der Waals surface area contributed by atoms with Gasteiger partial charge in [0.2, 0.25) is 5.91 Å². The molecule has 0 bridgehead atoms. The minimum Gasteiger partial charge on any atom is -0.351 e. The molecule has 1 aromatic rings. The van der Waals surface area contributed by atoms with Gasteiger partial charge >= 0.3 is 0 Å². The van der Waals surface area contributed by atoms with E-state index in [4.69, 9.17) is 0 Å². The van der Waals surface area contributed by atoms with Crippen LogP contribution in [0.15, 0.2) is 22.5 Å². The van der Waals surface area contributed by atoms with E-state index in [0.29, 0.717) is 5.41 Å². The molecule has 1 aliphatic heterocycles. The van der Waals surface area contributed by atoms with Gasteiger partial charge in [0.25, 0.3) is 0 Å². The van der Waals surface area contributed by atoms with Crippen LogP contribution in [0.25, 0.3) is 0 Å². The molecule has 23 heavy (non-hydrogen) atoms. The molecule has 1 atom stereocenters. The van der Waals surface area contributed by atoms with Crippen molar-refractivity contribution in [2.75, 3.05) is 33.7 Å². The van der Waals surface area contributed by atoms with Crippen LogP contribution in [0.5, 0.6) is 0 Å². The summed E-state index contributed by atoms with van der Waals surface area (Å²) in [6, 6.07) is 4.17. The zero-order valence-electron chi connectivity index (χ0n) is 14.6. The molecule has 0 aromatic carbocycles. The Morgan fingerprint density at radius 1 is 1.52 bits per heavy atom. The average Bonchev–Trinajstić information content (AvgIpc) is 3.17. The summed E-state index contributed by atoms with van der Waals surface area (Å²) < 4.78 is 0. The Hall–Kier alpha value is -1.56. The number of likely N-dealkylation sites (tertiary alicyclic amines) is 1. The van der Waals surface area contributed by atoms with Crippen LogP contribution >= 0.6 is 11.3 Å². The van der Waals surface area contributed by atoms with Gasteiger partial charge in [-0.25, -0.2) is 4.99 Å². The molecule has 128 valence electrons. The Balaban J connectivity index is 2.04. The first-order valence-corrected chi connectivity index (χ1v) is 9.07. The molecule has 1 unspecified atom stereocenters. The van der Waals surface area contributed by atoms with Crippen molar-refractivity contribution in [3.8, 4) is 0 Å². The predicted octanol–water partition coefficient (Wildman–Crippen LogP) is 2.40. The van der Waals surface area contributed by atoms with Crippen LogP contribution in [-0.4, -0.2) is 55.4 Å². The second kappa shape index (κ2) is 7.81. The number of carbonyl (C=O) groups is 1. The van der Waals surface area contributed by atoms with Crippen molar-refractivity contribution in [3.63, 3.8) is 0 Å². The summed E-state index contributed by atoms with van der Waals surface area (Å²) in [5.41, 5.74) is 0.344. The summed E-state index contributed by atoms with van der Waals surface area (Å²) >= 11 is 1.73. The molecule has 5 nitrogen and oxygen atoms in total. The first kappa shape index (κ1) is 17.8. The number of guanidine groups is 1. The van der Waals surface area contributed by atoms with E-state index in [9.17, 15) is 4.79 Å². The van der Waals surface area contributed by atoms with Gasteiger partial charge in [-0.2, -0.15) is 0 Å². The minimum atomic E-state index is 0.0258. The number of thiophene rings is 1. The third kappa shape index (κ3) is 4.96. The lowest BCUT2D eigenvalue weighted by Crippen LogP contribution is -2.41. The van der Waals surface area contributed by atoms with Crippen LogP contribution in [0.3, 0.4) is 0 Å². The van der Waals surface area contributed by atoms with Crippen LogP contribution in [0.4, 0.5) is 0 Å². The number of nitrogens with zero attached hydrogens (tertiary/aromatic N) is 3. The smallest absolute Gasteiger partial charge is 0.243 e. The molecule has 1 N–H and O–H groups in total. The lowest BCUT2D eigenvalue weighted by Gasteiger charge is -2.25. The summed E-state index contributed by atoms with van der Waals surface area (Å²) in [6.45, 7) is 7.52. The first-order chi connectivity index (χ1) is 10.9. The van der Waals surface area contributed by atoms with Crippen LogP contribution in [0.2, 0.25) is 0 Å². The first-order valence-electron chi connectivity index (χ1n) is 8.19. The molecule has 0 saturated carbocycles. The van der Waals surface area contributed by atoms with Crippen molar-refractivity contribution < 1.29 is 4.79 Å². The summed E-state index contributed by atoms with van der Waals surface area (Å²) in [4.78, 5) is 21.6. The average molecular weight is 337 g/mol. The van der Waals surface area contributed by atoms with E-state index in [2.05, 4.69) is 46.6 Å². The van der Waals surface area contributed by atoms with Gasteiger partial charge in [-0.1, -0.05) is 19.9 Å². The second-order valence-corrected chi connectivity index (χ2v) is 7.73. The number of hydrogen-bond acceptors (Lipinski definition) is 3. The standard InChI is InChI=1S/C17H28N4OS/c1-5-17(2)8-9-21(13-17)16(19-12-15(22)20(3)4)18-11-14-7-6-10-23-14/h6-7,10H,5,8-9,11-13H2,1-4H3,(H,18,19). The lowest BCUT2D eigenvalue weighted by atomic mass is 9.87. The molecule has 6 heteroatoms. The molecule has 1 aromatic heterocycles. The number of likely N-dealkylation sites (N-methyl/N-ethyl adjacent to an activating group) is 1. The summed E-state index contributed by atoms with van der Waals surface area (Å²) in [7, 11) is 3.53. The third-order valence-corrected chi connectivity index (χ3v) is 5.45. The molecule has 1 aliphatic rings. The molecule has 0 aliphatic carbocycles. The molecule has 1 amide bonds. The lowest BCUT2D eigenvalue weighted by molar-refractivity contribution is -0.127. The molecule has 0 spiro atoms.